The molecule has 0 fully saturated rings. The van der Waals surface area contributed by atoms with Gasteiger partial charge in [-0.25, -0.2) is 0 Å². The molecule has 30 heavy (non-hydrogen) atoms. The Bertz CT molecular complexity index is 918. The summed E-state index contributed by atoms with van der Waals surface area (Å²) < 4.78 is 0. The summed E-state index contributed by atoms with van der Waals surface area (Å²) in [7, 11) is 0. The molecular weight excluding hydrogens is 466 g/mol. The molecule has 0 heterocycles. The number of amides is 2. The molecule has 0 aliphatic carbocycles. The number of hydrogen-bond acceptors (Lipinski definition) is 2. The van der Waals surface area contributed by atoms with Crippen molar-refractivity contribution < 1.29 is 9.59 Å². The van der Waals surface area contributed by atoms with E-state index in [9.17, 15) is 9.59 Å². The quantitative estimate of drug-likeness (QED) is 0.491. The van der Waals surface area contributed by atoms with Crippen molar-refractivity contribution in [2.45, 2.75) is 39.8 Å². The molecule has 162 valence electrons. The standard InChI is InChI=1S/C22H24Cl4N2O2/c1-13(2)11-27-22(30)14(3)28(12-16-5-6-17(23)10-19(16)25)21(29)9-15-4-7-18(24)20(26)8-15/h4-8,10,13-14H,9,11-12H2,1-3H3,(H,27,30)/t14-/m0/s1. The third kappa shape index (κ3) is 7.05. The minimum atomic E-state index is -0.689. The molecule has 2 aromatic rings. The van der Waals surface area contributed by atoms with Crippen molar-refractivity contribution in [1.82, 2.24) is 10.2 Å². The SMILES string of the molecule is CC(C)CNC(=O)[C@H](C)N(Cc1ccc(Cl)cc1Cl)C(=O)Cc1ccc(Cl)c(Cl)c1. The van der Waals surface area contributed by atoms with Gasteiger partial charge in [0.1, 0.15) is 6.04 Å². The molecule has 0 aliphatic rings. The highest BCUT2D eigenvalue weighted by atomic mass is 35.5. The summed E-state index contributed by atoms with van der Waals surface area (Å²) in [6.07, 6.45) is 0.0733. The first-order valence-corrected chi connectivity index (χ1v) is 11.0. The molecule has 0 saturated carbocycles. The second-order valence-electron chi connectivity index (χ2n) is 7.50. The molecule has 0 aromatic heterocycles. The van der Waals surface area contributed by atoms with Crippen LogP contribution in [0.1, 0.15) is 31.9 Å². The highest BCUT2D eigenvalue weighted by Gasteiger charge is 2.27. The van der Waals surface area contributed by atoms with Crippen molar-refractivity contribution in [2.24, 2.45) is 5.92 Å². The van der Waals surface area contributed by atoms with Crippen LogP contribution in [0.5, 0.6) is 0 Å². The van der Waals surface area contributed by atoms with Gasteiger partial charge in [-0.3, -0.25) is 9.59 Å². The molecule has 0 spiro atoms. The lowest BCUT2D eigenvalue weighted by Crippen LogP contribution is -2.48. The third-order valence-corrected chi connectivity index (χ3v) is 5.87. The number of carbonyl (C=O) groups is 2. The van der Waals surface area contributed by atoms with Gasteiger partial charge in [-0.1, -0.05) is 72.4 Å². The zero-order valence-corrected chi connectivity index (χ0v) is 20.0. The van der Waals surface area contributed by atoms with Gasteiger partial charge in [0.15, 0.2) is 0 Å². The van der Waals surface area contributed by atoms with E-state index in [0.717, 1.165) is 0 Å². The van der Waals surface area contributed by atoms with Gasteiger partial charge in [0.05, 0.1) is 16.5 Å². The Morgan fingerprint density at radius 3 is 2.23 bits per heavy atom. The van der Waals surface area contributed by atoms with Crippen LogP contribution in [0.4, 0.5) is 0 Å². The molecule has 0 aliphatic heterocycles. The van der Waals surface area contributed by atoms with Crippen LogP contribution in [-0.4, -0.2) is 29.3 Å². The van der Waals surface area contributed by atoms with E-state index in [1.54, 1.807) is 43.3 Å². The monoisotopic (exact) mass is 488 g/mol. The van der Waals surface area contributed by atoms with E-state index in [1.807, 2.05) is 13.8 Å². The fraction of sp³-hybridized carbons (Fsp3) is 0.364. The molecule has 2 amide bonds. The zero-order valence-electron chi connectivity index (χ0n) is 17.0. The Morgan fingerprint density at radius 2 is 1.63 bits per heavy atom. The smallest absolute Gasteiger partial charge is 0.242 e. The molecule has 2 rings (SSSR count). The first-order valence-electron chi connectivity index (χ1n) is 9.53. The average molecular weight is 490 g/mol. The van der Waals surface area contributed by atoms with Crippen LogP contribution in [0.3, 0.4) is 0 Å². The molecular formula is C22H24Cl4N2O2. The van der Waals surface area contributed by atoms with Crippen LogP contribution in [0.25, 0.3) is 0 Å². The summed E-state index contributed by atoms with van der Waals surface area (Å²) in [6.45, 7) is 6.41. The summed E-state index contributed by atoms with van der Waals surface area (Å²) in [5.41, 5.74) is 1.41. The first-order chi connectivity index (χ1) is 14.1. The second-order valence-corrected chi connectivity index (χ2v) is 9.16. The van der Waals surface area contributed by atoms with E-state index in [2.05, 4.69) is 5.32 Å². The highest BCUT2D eigenvalue weighted by Crippen LogP contribution is 2.25. The van der Waals surface area contributed by atoms with Crippen molar-refractivity contribution >= 4 is 58.2 Å². The van der Waals surface area contributed by atoms with Crippen LogP contribution in [0, 0.1) is 5.92 Å². The molecule has 1 atom stereocenters. The summed E-state index contributed by atoms with van der Waals surface area (Å²) in [5, 5.41) is 4.60. The molecule has 0 radical (unpaired) electrons. The minimum Gasteiger partial charge on any atom is -0.354 e. The van der Waals surface area contributed by atoms with Crippen molar-refractivity contribution in [1.29, 1.82) is 0 Å². The third-order valence-electron chi connectivity index (χ3n) is 4.55. The van der Waals surface area contributed by atoms with E-state index in [0.29, 0.717) is 43.7 Å². The van der Waals surface area contributed by atoms with Gasteiger partial charge in [0, 0.05) is 23.1 Å². The maximum atomic E-state index is 13.2. The van der Waals surface area contributed by atoms with E-state index in [-0.39, 0.29) is 24.8 Å². The first kappa shape index (κ1) is 24.8. The van der Waals surface area contributed by atoms with Crippen molar-refractivity contribution in [3.8, 4) is 0 Å². The molecule has 0 bridgehead atoms. The van der Waals surface area contributed by atoms with E-state index in [4.69, 9.17) is 46.4 Å². The van der Waals surface area contributed by atoms with Crippen LogP contribution in [0.2, 0.25) is 20.1 Å². The lowest BCUT2D eigenvalue weighted by atomic mass is 10.1. The number of hydrogen-bond donors (Lipinski definition) is 1. The van der Waals surface area contributed by atoms with Crippen LogP contribution >= 0.6 is 46.4 Å². The van der Waals surface area contributed by atoms with Crippen LogP contribution in [0.15, 0.2) is 36.4 Å². The summed E-state index contributed by atoms with van der Waals surface area (Å²) in [5.74, 6) is -0.157. The highest BCUT2D eigenvalue weighted by molar-refractivity contribution is 6.42. The number of nitrogens with zero attached hydrogens (tertiary/aromatic N) is 1. The molecule has 1 N–H and O–H groups in total. The molecule has 0 unspecified atom stereocenters. The lowest BCUT2D eigenvalue weighted by molar-refractivity contribution is -0.140. The van der Waals surface area contributed by atoms with E-state index < -0.39 is 6.04 Å². The maximum Gasteiger partial charge on any atom is 0.242 e. The van der Waals surface area contributed by atoms with Gasteiger partial charge in [-0.05, 0) is 48.2 Å². The topological polar surface area (TPSA) is 49.4 Å². The molecule has 8 heteroatoms. The maximum absolute atomic E-state index is 13.2. The minimum absolute atomic E-state index is 0.0733. The van der Waals surface area contributed by atoms with Crippen molar-refractivity contribution in [2.75, 3.05) is 6.54 Å². The van der Waals surface area contributed by atoms with Crippen molar-refractivity contribution in [3.05, 3.63) is 67.6 Å². The van der Waals surface area contributed by atoms with E-state index >= 15 is 0 Å². The van der Waals surface area contributed by atoms with Gasteiger partial charge < -0.3 is 10.2 Å². The average Bonchev–Trinajstić information content (AvgIpc) is 2.67. The van der Waals surface area contributed by atoms with Gasteiger partial charge in [-0.15, -0.1) is 0 Å². The van der Waals surface area contributed by atoms with Gasteiger partial charge in [-0.2, -0.15) is 0 Å². The number of nitrogens with one attached hydrogen (secondary N) is 1. The molecule has 4 nitrogen and oxygen atoms in total. The normalized spacial score (nSPS) is 12.0. The van der Waals surface area contributed by atoms with Gasteiger partial charge >= 0.3 is 0 Å². The summed E-state index contributed by atoms with van der Waals surface area (Å²) in [4.78, 5) is 27.4. The summed E-state index contributed by atoms with van der Waals surface area (Å²) in [6, 6.07) is 9.42. The van der Waals surface area contributed by atoms with E-state index in [1.165, 1.54) is 4.90 Å². The van der Waals surface area contributed by atoms with Gasteiger partial charge in [0.25, 0.3) is 0 Å². The molecule has 2 aromatic carbocycles. The Morgan fingerprint density at radius 1 is 0.933 bits per heavy atom. The lowest BCUT2D eigenvalue weighted by Gasteiger charge is -2.29. The number of carbonyl (C=O) groups excluding carboxylic acids is 2. The largest absolute Gasteiger partial charge is 0.354 e. The number of rotatable bonds is 8. The zero-order chi connectivity index (χ0) is 22.4. The predicted octanol–water partition coefficient (Wildman–Crippen LogP) is 6.03. The predicted molar refractivity (Wildman–Crippen MR) is 124 cm³/mol. The van der Waals surface area contributed by atoms with Crippen LogP contribution in [-0.2, 0) is 22.6 Å². The Labute approximate surface area is 197 Å². The van der Waals surface area contributed by atoms with Gasteiger partial charge in [0.2, 0.25) is 11.8 Å². The number of benzene rings is 2. The Kier molecular flexibility index (Phi) is 9.30. The fourth-order valence-electron chi connectivity index (χ4n) is 2.79. The molecule has 0 saturated heterocycles. The van der Waals surface area contributed by atoms with Crippen molar-refractivity contribution in [3.63, 3.8) is 0 Å². The summed E-state index contributed by atoms with van der Waals surface area (Å²) >= 11 is 24.3. The fourth-order valence-corrected chi connectivity index (χ4v) is 3.58. The van der Waals surface area contributed by atoms with Crippen LogP contribution < -0.4 is 5.32 Å². The second kappa shape index (κ2) is 11.2. The Balaban J connectivity index is 2.27. The Hall–Kier alpha value is -1.46. The number of halogens is 4.